The van der Waals surface area contributed by atoms with E-state index in [4.69, 9.17) is 18.9 Å². The zero-order valence-electron chi connectivity index (χ0n) is 16.2. The summed E-state index contributed by atoms with van der Waals surface area (Å²) in [5, 5.41) is 0. The molecular weight excluding hydrogens is 368 g/mol. The number of rotatable bonds is 6. The van der Waals surface area contributed by atoms with Gasteiger partial charge in [-0.25, -0.2) is 0 Å². The number of allylic oxidation sites excluding steroid dienone is 1. The van der Waals surface area contributed by atoms with Gasteiger partial charge in [-0.3, -0.25) is 4.79 Å². The zero-order chi connectivity index (χ0) is 20.2. The summed E-state index contributed by atoms with van der Waals surface area (Å²) in [5.74, 6) is 2.63. The van der Waals surface area contributed by atoms with Crippen molar-refractivity contribution in [2.45, 2.75) is 6.61 Å². The van der Waals surface area contributed by atoms with E-state index < -0.39 is 0 Å². The fourth-order valence-electron chi connectivity index (χ4n) is 3.14. The molecule has 0 saturated carbocycles. The summed E-state index contributed by atoms with van der Waals surface area (Å²) in [6.45, 7) is 0.344. The van der Waals surface area contributed by atoms with Crippen LogP contribution >= 0.6 is 0 Å². The number of para-hydroxylation sites is 2. The summed E-state index contributed by atoms with van der Waals surface area (Å²) in [6.07, 6.45) is 1.70. The first-order valence-electron chi connectivity index (χ1n) is 9.15. The molecule has 3 aromatic carbocycles. The van der Waals surface area contributed by atoms with E-state index in [1.165, 1.54) is 0 Å². The Hall–Kier alpha value is -3.73. The fourth-order valence-corrected chi connectivity index (χ4v) is 3.14. The van der Waals surface area contributed by atoms with Crippen LogP contribution in [0.1, 0.15) is 21.5 Å². The minimum atomic E-state index is -0.165. The third kappa shape index (κ3) is 3.80. The molecule has 5 nitrogen and oxygen atoms in total. The van der Waals surface area contributed by atoms with Crippen molar-refractivity contribution in [1.82, 2.24) is 0 Å². The molecule has 29 heavy (non-hydrogen) atoms. The molecule has 5 heteroatoms. The maximum absolute atomic E-state index is 12.7. The minimum absolute atomic E-state index is 0.165. The number of hydrogen-bond acceptors (Lipinski definition) is 5. The molecule has 0 radical (unpaired) electrons. The first-order valence-corrected chi connectivity index (χ1v) is 9.15. The lowest BCUT2D eigenvalue weighted by molar-refractivity contribution is 0.101. The Balaban J connectivity index is 1.58. The fraction of sp³-hybridized carbons (Fsp3) is 0.125. The molecule has 0 atom stereocenters. The number of carbonyl (C=O) groups is 1. The van der Waals surface area contributed by atoms with Crippen LogP contribution < -0.4 is 18.9 Å². The van der Waals surface area contributed by atoms with Gasteiger partial charge in [-0.2, -0.15) is 0 Å². The lowest BCUT2D eigenvalue weighted by atomic mass is 10.1. The molecule has 0 bridgehead atoms. The number of carbonyl (C=O) groups excluding carboxylic acids is 1. The van der Waals surface area contributed by atoms with Gasteiger partial charge in [0, 0.05) is 17.2 Å². The Labute approximate surface area is 169 Å². The van der Waals surface area contributed by atoms with Crippen molar-refractivity contribution in [2.24, 2.45) is 0 Å². The third-order valence-corrected chi connectivity index (χ3v) is 4.66. The van der Waals surface area contributed by atoms with Gasteiger partial charge in [0.25, 0.3) is 0 Å². The van der Waals surface area contributed by atoms with Crippen LogP contribution in [0.25, 0.3) is 6.08 Å². The normalized spacial score (nSPS) is 13.7. The van der Waals surface area contributed by atoms with E-state index in [9.17, 15) is 4.79 Å². The second-order valence-corrected chi connectivity index (χ2v) is 6.44. The van der Waals surface area contributed by atoms with Gasteiger partial charge in [-0.15, -0.1) is 0 Å². The molecule has 1 aliphatic rings. The number of methoxy groups -OCH3 is 2. The number of benzene rings is 3. The van der Waals surface area contributed by atoms with E-state index in [0.29, 0.717) is 29.4 Å². The summed E-state index contributed by atoms with van der Waals surface area (Å²) in [5.41, 5.74) is 2.21. The highest BCUT2D eigenvalue weighted by atomic mass is 16.5. The van der Waals surface area contributed by atoms with Gasteiger partial charge >= 0.3 is 0 Å². The highest BCUT2D eigenvalue weighted by Crippen LogP contribution is 2.35. The predicted octanol–water partition coefficient (Wildman–Crippen LogP) is 4.90. The SMILES string of the molecule is COc1ccc2c(c1)O/C(=C\c1ccccc1OCc1ccccc1OC)C2=O. The maximum Gasteiger partial charge on any atom is 0.231 e. The number of hydrogen-bond donors (Lipinski definition) is 0. The van der Waals surface area contributed by atoms with Crippen LogP contribution in [0.4, 0.5) is 0 Å². The van der Waals surface area contributed by atoms with E-state index in [1.807, 2.05) is 48.5 Å². The van der Waals surface area contributed by atoms with Crippen LogP contribution in [0, 0.1) is 0 Å². The van der Waals surface area contributed by atoms with Crippen molar-refractivity contribution < 1.29 is 23.7 Å². The molecule has 0 amide bonds. The summed E-state index contributed by atoms with van der Waals surface area (Å²) in [6, 6.07) is 20.4. The summed E-state index contributed by atoms with van der Waals surface area (Å²) < 4.78 is 22.4. The van der Waals surface area contributed by atoms with Gasteiger partial charge in [0.1, 0.15) is 29.6 Å². The quantitative estimate of drug-likeness (QED) is 0.562. The van der Waals surface area contributed by atoms with Crippen molar-refractivity contribution in [1.29, 1.82) is 0 Å². The van der Waals surface area contributed by atoms with Crippen LogP contribution in [0.3, 0.4) is 0 Å². The zero-order valence-corrected chi connectivity index (χ0v) is 16.2. The Bertz CT molecular complexity index is 1080. The van der Waals surface area contributed by atoms with Gasteiger partial charge in [0.15, 0.2) is 5.76 Å². The number of Topliss-reactive ketones (excluding diaryl/α,β-unsaturated/α-hetero) is 1. The molecule has 1 heterocycles. The Morgan fingerprint density at radius 2 is 1.66 bits per heavy atom. The van der Waals surface area contributed by atoms with Gasteiger partial charge in [-0.1, -0.05) is 36.4 Å². The van der Waals surface area contributed by atoms with Crippen molar-refractivity contribution >= 4 is 11.9 Å². The molecule has 0 saturated heterocycles. The second-order valence-electron chi connectivity index (χ2n) is 6.44. The predicted molar refractivity (Wildman–Crippen MR) is 110 cm³/mol. The Morgan fingerprint density at radius 1 is 0.897 bits per heavy atom. The second kappa shape index (κ2) is 8.10. The number of fused-ring (bicyclic) bond motifs is 1. The number of ether oxygens (including phenoxy) is 4. The standard InChI is InChI=1S/C24H20O5/c1-26-18-11-12-19-22(14-18)29-23(24(19)25)13-16-7-3-6-10-21(16)28-15-17-8-4-5-9-20(17)27-2/h3-14H,15H2,1-2H3/b23-13-. The van der Waals surface area contributed by atoms with Crippen LogP contribution in [-0.4, -0.2) is 20.0 Å². The maximum atomic E-state index is 12.7. The lowest BCUT2D eigenvalue weighted by Crippen LogP contribution is -2.01. The van der Waals surface area contributed by atoms with Gasteiger partial charge in [-0.05, 0) is 30.3 Å². The molecule has 1 aliphatic heterocycles. The summed E-state index contributed by atoms with van der Waals surface area (Å²) in [4.78, 5) is 12.7. The monoisotopic (exact) mass is 388 g/mol. The number of ketones is 1. The molecular formula is C24H20O5. The molecule has 0 N–H and O–H groups in total. The lowest BCUT2D eigenvalue weighted by Gasteiger charge is -2.12. The topological polar surface area (TPSA) is 54.0 Å². The van der Waals surface area contributed by atoms with Crippen LogP contribution in [0.5, 0.6) is 23.0 Å². The summed E-state index contributed by atoms with van der Waals surface area (Å²) in [7, 11) is 3.21. The van der Waals surface area contributed by atoms with Crippen molar-refractivity contribution in [3.8, 4) is 23.0 Å². The molecule has 4 rings (SSSR count). The van der Waals surface area contributed by atoms with Crippen LogP contribution in [0.2, 0.25) is 0 Å². The largest absolute Gasteiger partial charge is 0.497 e. The van der Waals surface area contributed by atoms with E-state index in [0.717, 1.165) is 16.9 Å². The first-order chi connectivity index (χ1) is 14.2. The molecule has 146 valence electrons. The first kappa shape index (κ1) is 18.6. The van der Waals surface area contributed by atoms with E-state index >= 15 is 0 Å². The van der Waals surface area contributed by atoms with Crippen molar-refractivity contribution in [2.75, 3.05) is 14.2 Å². The average Bonchev–Trinajstić information content (AvgIpc) is 3.07. The van der Waals surface area contributed by atoms with E-state index in [-0.39, 0.29) is 11.5 Å². The van der Waals surface area contributed by atoms with Gasteiger partial charge in [0.2, 0.25) is 5.78 Å². The highest BCUT2D eigenvalue weighted by molar-refractivity contribution is 6.14. The Morgan fingerprint density at radius 3 is 2.45 bits per heavy atom. The van der Waals surface area contributed by atoms with Crippen LogP contribution in [0.15, 0.2) is 72.5 Å². The highest BCUT2D eigenvalue weighted by Gasteiger charge is 2.28. The smallest absolute Gasteiger partial charge is 0.231 e. The Kier molecular flexibility index (Phi) is 5.20. The average molecular weight is 388 g/mol. The van der Waals surface area contributed by atoms with E-state index in [1.54, 1.807) is 38.5 Å². The van der Waals surface area contributed by atoms with Crippen molar-refractivity contribution in [3.63, 3.8) is 0 Å². The van der Waals surface area contributed by atoms with E-state index in [2.05, 4.69) is 0 Å². The molecule has 0 aliphatic carbocycles. The molecule has 0 spiro atoms. The molecule has 0 aromatic heterocycles. The molecule has 0 unspecified atom stereocenters. The van der Waals surface area contributed by atoms with Gasteiger partial charge < -0.3 is 18.9 Å². The third-order valence-electron chi connectivity index (χ3n) is 4.66. The molecule has 3 aromatic rings. The van der Waals surface area contributed by atoms with Gasteiger partial charge in [0.05, 0.1) is 19.8 Å². The minimum Gasteiger partial charge on any atom is -0.497 e. The van der Waals surface area contributed by atoms with Crippen LogP contribution in [-0.2, 0) is 6.61 Å². The molecule has 0 fully saturated rings. The van der Waals surface area contributed by atoms with Crippen molar-refractivity contribution in [3.05, 3.63) is 89.2 Å². The summed E-state index contributed by atoms with van der Waals surface area (Å²) >= 11 is 0.